The van der Waals surface area contributed by atoms with Crippen molar-refractivity contribution in [3.8, 4) is 0 Å². The van der Waals surface area contributed by atoms with Gasteiger partial charge < -0.3 is 4.74 Å². The van der Waals surface area contributed by atoms with Crippen molar-refractivity contribution >= 4 is 0 Å². The summed E-state index contributed by atoms with van der Waals surface area (Å²) in [5.41, 5.74) is 6.02. The third-order valence-electron chi connectivity index (χ3n) is 12.0. The monoisotopic (exact) mass is 412 g/mol. The maximum atomic E-state index is 5.93. The van der Waals surface area contributed by atoms with Gasteiger partial charge in [0.1, 0.15) is 0 Å². The summed E-state index contributed by atoms with van der Waals surface area (Å²) >= 11 is 0. The highest BCUT2D eigenvalue weighted by atomic mass is 16.5. The van der Waals surface area contributed by atoms with Crippen LogP contribution in [0.25, 0.3) is 0 Å². The van der Waals surface area contributed by atoms with E-state index < -0.39 is 0 Å². The SMILES string of the molecule is COC1CCC2(C)C(CCC3(C)C4CCC5(C)CCC(C)(C)CC5=C4CCC32)C1C. The Bertz CT molecular complexity index is 733. The third kappa shape index (κ3) is 2.89. The number of allylic oxidation sites excluding steroid dienone is 2. The quantitative estimate of drug-likeness (QED) is 0.394. The molecule has 5 rings (SSSR count). The molecule has 5 aliphatic carbocycles. The highest BCUT2D eigenvalue weighted by molar-refractivity contribution is 5.34. The topological polar surface area (TPSA) is 9.23 Å². The van der Waals surface area contributed by atoms with Gasteiger partial charge in [-0.1, -0.05) is 52.7 Å². The average molecular weight is 413 g/mol. The Morgan fingerprint density at radius 2 is 1.53 bits per heavy atom. The largest absolute Gasteiger partial charge is 0.381 e. The van der Waals surface area contributed by atoms with Gasteiger partial charge >= 0.3 is 0 Å². The lowest BCUT2D eigenvalue weighted by Crippen LogP contribution is -2.59. The summed E-state index contributed by atoms with van der Waals surface area (Å²) in [5.74, 6) is 3.39. The third-order valence-corrected chi connectivity index (χ3v) is 12.0. The van der Waals surface area contributed by atoms with E-state index in [1.165, 1.54) is 70.6 Å². The number of hydrogen-bond donors (Lipinski definition) is 0. The molecule has 0 aromatic heterocycles. The second-order valence-electron chi connectivity index (χ2n) is 13.9. The van der Waals surface area contributed by atoms with Crippen molar-refractivity contribution < 1.29 is 4.74 Å². The highest BCUT2D eigenvalue weighted by Crippen LogP contribution is 2.70. The maximum Gasteiger partial charge on any atom is 0.0599 e. The first-order valence-electron chi connectivity index (χ1n) is 13.3. The van der Waals surface area contributed by atoms with Crippen molar-refractivity contribution in [3.05, 3.63) is 11.1 Å². The number of rotatable bonds is 1. The first-order valence-corrected chi connectivity index (χ1v) is 13.3. The molecule has 0 spiro atoms. The zero-order valence-corrected chi connectivity index (χ0v) is 21.1. The smallest absolute Gasteiger partial charge is 0.0599 e. The summed E-state index contributed by atoms with van der Waals surface area (Å²) in [6.45, 7) is 15.6. The predicted octanol–water partition coefficient (Wildman–Crippen LogP) is 8.19. The zero-order valence-electron chi connectivity index (χ0n) is 21.1. The van der Waals surface area contributed by atoms with Gasteiger partial charge in [0, 0.05) is 7.11 Å². The van der Waals surface area contributed by atoms with Gasteiger partial charge in [-0.3, -0.25) is 0 Å². The van der Waals surface area contributed by atoms with Crippen molar-refractivity contribution in [1.82, 2.24) is 0 Å². The molecule has 8 unspecified atom stereocenters. The van der Waals surface area contributed by atoms with Crippen LogP contribution in [0.15, 0.2) is 11.1 Å². The van der Waals surface area contributed by atoms with Crippen LogP contribution in [0.2, 0.25) is 0 Å². The van der Waals surface area contributed by atoms with Gasteiger partial charge in [0.15, 0.2) is 0 Å². The second-order valence-corrected chi connectivity index (χ2v) is 13.9. The minimum absolute atomic E-state index is 0.494. The molecule has 0 aromatic carbocycles. The molecule has 5 aliphatic rings. The van der Waals surface area contributed by atoms with Gasteiger partial charge in [-0.15, -0.1) is 0 Å². The van der Waals surface area contributed by atoms with Crippen LogP contribution in [0.1, 0.15) is 112 Å². The molecule has 8 atom stereocenters. The first kappa shape index (κ1) is 21.5. The van der Waals surface area contributed by atoms with Crippen LogP contribution in [0.5, 0.6) is 0 Å². The number of ether oxygens (including phenoxy) is 1. The minimum Gasteiger partial charge on any atom is -0.381 e. The van der Waals surface area contributed by atoms with Crippen molar-refractivity contribution in [2.45, 2.75) is 118 Å². The van der Waals surface area contributed by atoms with Gasteiger partial charge in [0.2, 0.25) is 0 Å². The van der Waals surface area contributed by atoms with E-state index in [1.54, 1.807) is 0 Å². The van der Waals surface area contributed by atoms with Crippen molar-refractivity contribution in [1.29, 1.82) is 0 Å². The molecule has 4 fully saturated rings. The van der Waals surface area contributed by atoms with Gasteiger partial charge in [-0.05, 0) is 116 Å². The van der Waals surface area contributed by atoms with Gasteiger partial charge in [-0.2, -0.15) is 0 Å². The van der Waals surface area contributed by atoms with Crippen LogP contribution in [0, 0.1) is 45.3 Å². The van der Waals surface area contributed by atoms with E-state index in [0.717, 1.165) is 23.7 Å². The molecule has 1 nitrogen and oxygen atoms in total. The Hall–Kier alpha value is -0.300. The Morgan fingerprint density at radius 1 is 0.800 bits per heavy atom. The molecule has 0 saturated heterocycles. The molecule has 4 saturated carbocycles. The van der Waals surface area contributed by atoms with Gasteiger partial charge in [0.05, 0.1) is 6.10 Å². The van der Waals surface area contributed by atoms with E-state index in [1.807, 2.05) is 18.3 Å². The van der Waals surface area contributed by atoms with Crippen LogP contribution >= 0.6 is 0 Å². The maximum absolute atomic E-state index is 5.93. The molecule has 0 radical (unpaired) electrons. The zero-order chi connectivity index (χ0) is 21.5. The van der Waals surface area contributed by atoms with E-state index in [4.69, 9.17) is 4.74 Å². The fraction of sp³-hybridized carbons (Fsp3) is 0.931. The molecule has 0 heterocycles. The summed E-state index contributed by atoms with van der Waals surface area (Å²) in [5, 5.41) is 0. The highest BCUT2D eigenvalue weighted by Gasteiger charge is 2.62. The summed E-state index contributed by atoms with van der Waals surface area (Å²) in [4.78, 5) is 0. The van der Waals surface area contributed by atoms with E-state index in [-0.39, 0.29) is 0 Å². The number of hydrogen-bond acceptors (Lipinski definition) is 1. The summed E-state index contributed by atoms with van der Waals surface area (Å²) < 4.78 is 5.93. The molecule has 0 N–H and O–H groups in total. The minimum atomic E-state index is 0.494. The Morgan fingerprint density at radius 3 is 2.27 bits per heavy atom. The Balaban J connectivity index is 1.51. The second kappa shape index (κ2) is 6.85. The van der Waals surface area contributed by atoms with Crippen LogP contribution in [0.4, 0.5) is 0 Å². The van der Waals surface area contributed by atoms with Crippen LogP contribution in [0.3, 0.4) is 0 Å². The predicted molar refractivity (Wildman–Crippen MR) is 126 cm³/mol. The molecule has 0 amide bonds. The molecular formula is C29H48O. The van der Waals surface area contributed by atoms with E-state index in [9.17, 15) is 0 Å². The summed E-state index contributed by atoms with van der Waals surface area (Å²) in [6.07, 6.45) is 16.1. The number of fused-ring (bicyclic) bond motifs is 6. The van der Waals surface area contributed by atoms with Gasteiger partial charge in [0.25, 0.3) is 0 Å². The Kier molecular flexibility index (Phi) is 4.92. The fourth-order valence-corrected chi connectivity index (χ4v) is 10.1. The summed E-state index contributed by atoms with van der Waals surface area (Å²) in [6, 6.07) is 0. The van der Waals surface area contributed by atoms with Crippen LogP contribution in [-0.2, 0) is 4.74 Å². The van der Waals surface area contributed by atoms with E-state index in [0.29, 0.717) is 27.8 Å². The van der Waals surface area contributed by atoms with E-state index in [2.05, 4.69) is 41.5 Å². The van der Waals surface area contributed by atoms with Crippen LogP contribution < -0.4 is 0 Å². The molecule has 1 heteroatoms. The number of methoxy groups -OCH3 is 1. The molecule has 0 aliphatic heterocycles. The van der Waals surface area contributed by atoms with E-state index >= 15 is 0 Å². The van der Waals surface area contributed by atoms with Crippen LogP contribution in [-0.4, -0.2) is 13.2 Å². The van der Waals surface area contributed by atoms with Gasteiger partial charge in [-0.25, -0.2) is 0 Å². The molecule has 0 bridgehead atoms. The van der Waals surface area contributed by atoms with Crippen molar-refractivity contribution in [3.63, 3.8) is 0 Å². The first-order chi connectivity index (χ1) is 14.0. The fourth-order valence-electron chi connectivity index (χ4n) is 10.1. The Labute approximate surface area is 186 Å². The molecular weight excluding hydrogens is 364 g/mol. The lowest BCUT2D eigenvalue weighted by Gasteiger charge is -2.66. The standard InChI is InChI=1S/C29H48O/c1-19-21-11-14-29(6)22-10-13-27(4)17-16-26(2,3)18-23(27)20(22)8-9-25(29)28(21,5)15-12-24(19)30-7/h19,21-22,24-25H,8-18H2,1-7H3. The summed E-state index contributed by atoms with van der Waals surface area (Å²) in [7, 11) is 1.94. The lowest BCUT2D eigenvalue weighted by atomic mass is 9.39. The van der Waals surface area contributed by atoms with Crippen molar-refractivity contribution in [2.75, 3.05) is 7.11 Å². The molecule has 170 valence electrons. The molecule has 0 aromatic rings. The lowest BCUT2D eigenvalue weighted by molar-refractivity contribution is -0.163. The normalized spacial score (nSPS) is 52.7. The van der Waals surface area contributed by atoms with Crippen molar-refractivity contribution in [2.24, 2.45) is 45.3 Å². The molecule has 30 heavy (non-hydrogen) atoms. The average Bonchev–Trinajstić information content (AvgIpc) is 2.68.